The van der Waals surface area contributed by atoms with Crippen molar-refractivity contribution in [1.82, 2.24) is 9.47 Å². The van der Waals surface area contributed by atoms with Crippen molar-refractivity contribution < 1.29 is 19.1 Å². The zero-order chi connectivity index (χ0) is 24.6. The maximum absolute atomic E-state index is 13.1. The SMILES string of the molecule is C=CC(=O)N1CC(CC(=O)Cn2c(C)c(-c3c(OC)cccc3OC)c3cc(Cl)cc(C)c32)C1. The average molecular weight is 481 g/mol. The first-order valence-electron chi connectivity index (χ1n) is 11.2. The largest absolute Gasteiger partial charge is 0.496 e. The number of ketones is 1. The first-order valence-corrected chi connectivity index (χ1v) is 11.6. The molecule has 2 aromatic carbocycles. The van der Waals surface area contributed by atoms with E-state index in [0.717, 1.165) is 33.3 Å². The molecule has 0 radical (unpaired) electrons. The van der Waals surface area contributed by atoms with Crippen molar-refractivity contribution >= 4 is 34.2 Å². The molecule has 0 aliphatic carbocycles. The summed E-state index contributed by atoms with van der Waals surface area (Å²) >= 11 is 6.47. The fourth-order valence-corrected chi connectivity index (χ4v) is 5.24. The van der Waals surface area contributed by atoms with E-state index in [0.29, 0.717) is 36.0 Å². The van der Waals surface area contributed by atoms with Crippen LogP contribution in [-0.4, -0.2) is 48.5 Å². The van der Waals surface area contributed by atoms with Crippen LogP contribution in [-0.2, 0) is 16.1 Å². The second-order valence-corrected chi connectivity index (χ2v) is 9.20. The van der Waals surface area contributed by atoms with E-state index in [1.54, 1.807) is 19.1 Å². The Hall–Kier alpha value is -3.25. The molecule has 0 bridgehead atoms. The molecule has 6 nitrogen and oxygen atoms in total. The summed E-state index contributed by atoms with van der Waals surface area (Å²) in [7, 11) is 3.26. The third-order valence-corrected chi connectivity index (χ3v) is 6.76. The van der Waals surface area contributed by atoms with Crippen molar-refractivity contribution in [1.29, 1.82) is 0 Å². The summed E-state index contributed by atoms with van der Waals surface area (Å²) in [6, 6.07) is 9.53. The van der Waals surface area contributed by atoms with E-state index in [-0.39, 0.29) is 24.2 Å². The summed E-state index contributed by atoms with van der Waals surface area (Å²) in [6.45, 7) is 8.97. The topological polar surface area (TPSA) is 60.8 Å². The van der Waals surface area contributed by atoms with Gasteiger partial charge in [0.2, 0.25) is 5.91 Å². The number of nitrogens with zero attached hydrogens (tertiary/aromatic N) is 2. The molecule has 2 heterocycles. The van der Waals surface area contributed by atoms with Gasteiger partial charge in [-0.05, 0) is 49.8 Å². The number of rotatable bonds is 8. The third-order valence-electron chi connectivity index (χ3n) is 6.54. The lowest BCUT2D eigenvalue weighted by molar-refractivity contribution is -0.134. The van der Waals surface area contributed by atoms with Crippen molar-refractivity contribution in [2.75, 3.05) is 27.3 Å². The molecule has 1 aliphatic heterocycles. The number of benzene rings is 2. The summed E-state index contributed by atoms with van der Waals surface area (Å²) in [5.74, 6) is 1.60. The highest BCUT2D eigenvalue weighted by atomic mass is 35.5. The Balaban J connectivity index is 1.75. The van der Waals surface area contributed by atoms with Crippen LogP contribution in [0.5, 0.6) is 11.5 Å². The number of carbonyl (C=O) groups is 2. The molecule has 0 spiro atoms. The minimum Gasteiger partial charge on any atom is -0.496 e. The number of methoxy groups -OCH3 is 2. The minimum absolute atomic E-state index is 0.0844. The zero-order valence-electron chi connectivity index (χ0n) is 20.0. The lowest BCUT2D eigenvalue weighted by Gasteiger charge is -2.38. The number of hydrogen-bond acceptors (Lipinski definition) is 4. The van der Waals surface area contributed by atoms with E-state index in [9.17, 15) is 9.59 Å². The molecular weight excluding hydrogens is 452 g/mol. The van der Waals surface area contributed by atoms with Gasteiger partial charge in [0.15, 0.2) is 5.78 Å². The predicted octanol–water partition coefficient (Wildman–Crippen LogP) is 5.20. The fourth-order valence-electron chi connectivity index (χ4n) is 4.96. The number of aryl methyl sites for hydroxylation is 1. The Labute approximate surface area is 204 Å². The summed E-state index contributed by atoms with van der Waals surface area (Å²) < 4.78 is 13.4. The van der Waals surface area contributed by atoms with Gasteiger partial charge in [0.25, 0.3) is 0 Å². The third kappa shape index (κ3) is 4.18. The predicted molar refractivity (Wildman–Crippen MR) is 135 cm³/mol. The first-order chi connectivity index (χ1) is 16.3. The van der Waals surface area contributed by atoms with Gasteiger partial charge in [0.1, 0.15) is 11.5 Å². The molecule has 0 saturated carbocycles. The Kier molecular flexibility index (Phi) is 6.71. The van der Waals surface area contributed by atoms with Crippen molar-refractivity contribution in [3.05, 3.63) is 59.3 Å². The Morgan fingerprint density at radius 3 is 2.35 bits per heavy atom. The van der Waals surface area contributed by atoms with E-state index in [4.69, 9.17) is 21.1 Å². The highest BCUT2D eigenvalue weighted by Crippen LogP contribution is 2.46. The number of aromatic nitrogens is 1. The molecule has 34 heavy (non-hydrogen) atoms. The van der Waals surface area contributed by atoms with Crippen LogP contribution in [0.15, 0.2) is 43.0 Å². The minimum atomic E-state index is -0.0844. The highest BCUT2D eigenvalue weighted by molar-refractivity contribution is 6.31. The van der Waals surface area contributed by atoms with Gasteiger partial charge >= 0.3 is 0 Å². The van der Waals surface area contributed by atoms with Crippen LogP contribution < -0.4 is 9.47 Å². The number of carbonyl (C=O) groups excluding carboxylic acids is 2. The van der Waals surface area contributed by atoms with Gasteiger partial charge in [0, 0.05) is 47.1 Å². The number of halogens is 1. The molecule has 4 rings (SSSR count). The summed E-state index contributed by atoms with van der Waals surface area (Å²) in [4.78, 5) is 26.5. The van der Waals surface area contributed by atoms with Gasteiger partial charge in [-0.3, -0.25) is 9.59 Å². The van der Waals surface area contributed by atoms with Gasteiger partial charge in [0.05, 0.1) is 31.8 Å². The highest BCUT2D eigenvalue weighted by Gasteiger charge is 2.31. The van der Waals surface area contributed by atoms with Gasteiger partial charge in [-0.25, -0.2) is 0 Å². The molecule has 1 aromatic heterocycles. The number of likely N-dealkylation sites (tertiary alicyclic amines) is 1. The van der Waals surface area contributed by atoms with E-state index < -0.39 is 0 Å². The Bertz CT molecular complexity index is 1270. The quantitative estimate of drug-likeness (QED) is 0.416. The molecule has 1 fully saturated rings. The second kappa shape index (κ2) is 9.55. The average Bonchev–Trinajstić information content (AvgIpc) is 3.05. The molecule has 1 aliphatic rings. The lowest BCUT2D eigenvalue weighted by Crippen LogP contribution is -2.50. The van der Waals surface area contributed by atoms with E-state index in [2.05, 4.69) is 11.1 Å². The summed E-state index contributed by atoms with van der Waals surface area (Å²) in [6.07, 6.45) is 1.74. The van der Waals surface area contributed by atoms with Crippen LogP contribution in [0.4, 0.5) is 0 Å². The van der Waals surface area contributed by atoms with Gasteiger partial charge in [-0.2, -0.15) is 0 Å². The number of hydrogen-bond donors (Lipinski definition) is 0. The number of amides is 1. The van der Waals surface area contributed by atoms with Crippen LogP contribution in [0, 0.1) is 19.8 Å². The van der Waals surface area contributed by atoms with Crippen LogP contribution in [0.3, 0.4) is 0 Å². The second-order valence-electron chi connectivity index (χ2n) is 8.76. The van der Waals surface area contributed by atoms with Crippen LogP contribution >= 0.6 is 11.6 Å². The smallest absolute Gasteiger partial charge is 0.245 e. The van der Waals surface area contributed by atoms with Crippen molar-refractivity contribution in [3.63, 3.8) is 0 Å². The molecule has 0 unspecified atom stereocenters. The van der Waals surface area contributed by atoms with Crippen molar-refractivity contribution in [2.45, 2.75) is 26.8 Å². The maximum Gasteiger partial charge on any atom is 0.245 e. The zero-order valence-corrected chi connectivity index (χ0v) is 20.7. The molecule has 3 aromatic rings. The Morgan fingerprint density at radius 2 is 1.76 bits per heavy atom. The van der Waals surface area contributed by atoms with E-state index in [1.807, 2.05) is 44.2 Å². The molecule has 178 valence electrons. The van der Waals surface area contributed by atoms with Gasteiger partial charge in [-0.15, -0.1) is 0 Å². The molecule has 7 heteroatoms. The number of fused-ring (bicyclic) bond motifs is 1. The molecule has 1 amide bonds. The summed E-state index contributed by atoms with van der Waals surface area (Å²) in [5, 5.41) is 1.58. The number of Topliss-reactive ketones (excluding diaryl/α,β-unsaturated/α-hetero) is 1. The van der Waals surface area contributed by atoms with Crippen molar-refractivity contribution in [3.8, 4) is 22.6 Å². The van der Waals surface area contributed by atoms with Crippen LogP contribution in [0.25, 0.3) is 22.0 Å². The van der Waals surface area contributed by atoms with Gasteiger partial charge < -0.3 is 18.9 Å². The first kappa shape index (κ1) is 23.9. The number of ether oxygens (including phenoxy) is 2. The van der Waals surface area contributed by atoms with Crippen LogP contribution in [0.2, 0.25) is 5.02 Å². The standard InChI is InChI=1S/C27H29ClN2O4/c1-6-24(32)29-13-18(14-29)11-20(31)15-30-17(3)25(21-12-19(28)10-16(2)27(21)30)26-22(33-4)8-7-9-23(26)34-5/h6-10,12,18H,1,11,13-15H2,2-5H3. The molecule has 1 saturated heterocycles. The van der Waals surface area contributed by atoms with E-state index >= 15 is 0 Å². The fraction of sp³-hybridized carbons (Fsp3) is 0.333. The Morgan fingerprint density at radius 1 is 1.12 bits per heavy atom. The normalized spacial score (nSPS) is 13.6. The lowest BCUT2D eigenvalue weighted by atomic mass is 9.94. The van der Waals surface area contributed by atoms with Crippen molar-refractivity contribution in [2.24, 2.45) is 5.92 Å². The van der Waals surface area contributed by atoms with E-state index in [1.165, 1.54) is 6.08 Å². The monoisotopic (exact) mass is 480 g/mol. The van der Waals surface area contributed by atoms with Gasteiger partial charge in [-0.1, -0.05) is 24.2 Å². The molecule has 0 atom stereocenters. The molecular formula is C27H29ClN2O4. The molecule has 0 N–H and O–H groups in total. The van der Waals surface area contributed by atoms with Crippen LogP contribution in [0.1, 0.15) is 17.7 Å². The maximum atomic E-state index is 13.1. The summed E-state index contributed by atoms with van der Waals surface area (Å²) in [5.41, 5.74) is 4.67.